The van der Waals surface area contributed by atoms with Crippen LogP contribution in [-0.2, 0) is 25.5 Å². The molecule has 2 aromatic rings. The number of nitrogens with zero attached hydrogens (tertiary/aromatic N) is 2. The van der Waals surface area contributed by atoms with E-state index in [0.29, 0.717) is 30.0 Å². The second kappa shape index (κ2) is 10.2. The summed E-state index contributed by atoms with van der Waals surface area (Å²) in [4.78, 5) is 41.5. The van der Waals surface area contributed by atoms with E-state index in [4.69, 9.17) is 9.47 Å². The van der Waals surface area contributed by atoms with Crippen molar-refractivity contribution in [3.63, 3.8) is 0 Å². The molecule has 0 aliphatic carbocycles. The molecule has 1 N–H and O–H groups in total. The van der Waals surface area contributed by atoms with E-state index in [1.165, 1.54) is 29.8 Å². The molecule has 0 saturated carbocycles. The van der Waals surface area contributed by atoms with Crippen LogP contribution in [0, 0.1) is 11.3 Å². The average Bonchev–Trinajstić information content (AvgIpc) is 3.35. The number of hydrogen-bond acceptors (Lipinski definition) is 7. The fourth-order valence-corrected chi connectivity index (χ4v) is 4.84. The van der Waals surface area contributed by atoms with E-state index in [1.54, 1.807) is 19.1 Å². The van der Waals surface area contributed by atoms with Gasteiger partial charge in [-0.2, -0.15) is 5.26 Å². The fourth-order valence-electron chi connectivity index (χ4n) is 3.51. The Morgan fingerprint density at radius 1 is 1.41 bits per heavy atom. The van der Waals surface area contributed by atoms with Gasteiger partial charge in [0.25, 0.3) is 0 Å². The lowest BCUT2D eigenvalue weighted by atomic mass is 10.0. The minimum atomic E-state index is -0.764. The Morgan fingerprint density at radius 3 is 2.84 bits per heavy atom. The van der Waals surface area contributed by atoms with Crippen LogP contribution in [0.1, 0.15) is 29.3 Å². The summed E-state index contributed by atoms with van der Waals surface area (Å²) >= 11 is 1.22. The molecule has 32 heavy (non-hydrogen) atoms. The number of thioether (sulfide) groups is 1. The van der Waals surface area contributed by atoms with Crippen LogP contribution in [0.2, 0.25) is 0 Å². The number of aryl methyl sites for hydroxylation is 1. The topological polar surface area (TPSA) is 112 Å². The zero-order chi connectivity index (χ0) is 23.3. The van der Waals surface area contributed by atoms with Crippen LogP contribution in [0.4, 0.5) is 0 Å². The first kappa shape index (κ1) is 23.2. The van der Waals surface area contributed by atoms with Crippen molar-refractivity contribution < 1.29 is 23.9 Å². The van der Waals surface area contributed by atoms with Crippen LogP contribution in [0.3, 0.4) is 0 Å². The van der Waals surface area contributed by atoms with Crippen LogP contribution in [0.5, 0.6) is 0 Å². The molecule has 0 bridgehead atoms. The molecule has 1 unspecified atom stereocenters. The number of carbonyl (C=O) groups excluding carboxylic acids is 3. The summed E-state index contributed by atoms with van der Waals surface area (Å²) in [6.07, 6.45) is 4.40. The van der Waals surface area contributed by atoms with E-state index in [1.807, 2.05) is 18.3 Å². The number of fused-ring (bicyclic) bond motifs is 1. The fraction of sp³-hybridized carbons (Fsp3) is 0.304. The van der Waals surface area contributed by atoms with Crippen LogP contribution in [-0.4, -0.2) is 53.2 Å². The van der Waals surface area contributed by atoms with E-state index >= 15 is 0 Å². The highest BCUT2D eigenvalue weighted by molar-refractivity contribution is 8.04. The van der Waals surface area contributed by atoms with Crippen molar-refractivity contribution in [3.8, 4) is 6.07 Å². The van der Waals surface area contributed by atoms with E-state index in [-0.39, 0.29) is 18.1 Å². The quantitative estimate of drug-likeness (QED) is 0.282. The number of rotatable bonds is 8. The van der Waals surface area contributed by atoms with Gasteiger partial charge >= 0.3 is 11.9 Å². The number of aromatic nitrogens is 1. The number of carbonyl (C=O) groups is 3. The van der Waals surface area contributed by atoms with Crippen molar-refractivity contribution in [2.24, 2.45) is 0 Å². The molecule has 1 aliphatic rings. The highest BCUT2D eigenvalue weighted by Gasteiger charge is 2.39. The van der Waals surface area contributed by atoms with Gasteiger partial charge in [0, 0.05) is 23.6 Å². The highest BCUT2D eigenvalue weighted by atomic mass is 32.2. The van der Waals surface area contributed by atoms with Crippen molar-refractivity contribution in [1.82, 2.24) is 9.88 Å². The van der Waals surface area contributed by atoms with Crippen LogP contribution in [0.25, 0.3) is 10.9 Å². The van der Waals surface area contributed by atoms with Crippen LogP contribution in [0.15, 0.2) is 47.7 Å². The van der Waals surface area contributed by atoms with Gasteiger partial charge in [-0.1, -0.05) is 30.5 Å². The van der Waals surface area contributed by atoms with Gasteiger partial charge in [-0.15, -0.1) is 0 Å². The standard InChI is InChI=1S/C23H23N3O5S/c1-4-10-31-23(29)17(12-24)21-26(5-2)20(27)19(32-21)9-7-15-13-25-18-11-14(22(28)30-3)6-8-16(15)18/h4,6,8,11,13,19,25H,1,5,7,9-10H2,2-3H3. The first-order valence-electron chi connectivity index (χ1n) is 10.0. The molecule has 1 aromatic heterocycles. The molecule has 1 saturated heterocycles. The summed E-state index contributed by atoms with van der Waals surface area (Å²) in [6, 6.07) is 7.17. The zero-order valence-corrected chi connectivity index (χ0v) is 18.7. The molecule has 1 amide bonds. The largest absolute Gasteiger partial charge is 0.465 e. The van der Waals surface area contributed by atoms with Gasteiger partial charge in [0.2, 0.25) is 5.91 Å². The summed E-state index contributed by atoms with van der Waals surface area (Å²) < 4.78 is 9.75. The number of methoxy groups -OCH3 is 1. The predicted octanol–water partition coefficient (Wildman–Crippen LogP) is 3.32. The Balaban J connectivity index is 1.78. The molecule has 8 nitrogen and oxygen atoms in total. The first-order chi connectivity index (χ1) is 15.4. The van der Waals surface area contributed by atoms with Crippen molar-refractivity contribution in [2.45, 2.75) is 25.0 Å². The number of aromatic amines is 1. The van der Waals surface area contributed by atoms with Gasteiger partial charge in [0.1, 0.15) is 17.7 Å². The van der Waals surface area contributed by atoms with Crippen molar-refractivity contribution in [2.75, 3.05) is 20.3 Å². The number of hydrogen-bond donors (Lipinski definition) is 1. The highest BCUT2D eigenvalue weighted by Crippen LogP contribution is 2.39. The molecule has 166 valence electrons. The van der Waals surface area contributed by atoms with Gasteiger partial charge in [0.05, 0.1) is 17.9 Å². The monoisotopic (exact) mass is 453 g/mol. The minimum Gasteiger partial charge on any atom is -0.465 e. The number of ether oxygens (including phenoxy) is 2. The molecule has 3 rings (SSSR count). The van der Waals surface area contributed by atoms with Crippen molar-refractivity contribution >= 4 is 40.5 Å². The molecule has 1 aliphatic heterocycles. The lowest BCUT2D eigenvalue weighted by molar-refractivity contribution is -0.137. The predicted molar refractivity (Wildman–Crippen MR) is 121 cm³/mol. The minimum absolute atomic E-state index is 0.0102. The third-order valence-electron chi connectivity index (χ3n) is 5.08. The number of esters is 2. The second-order valence-electron chi connectivity index (χ2n) is 6.97. The van der Waals surface area contributed by atoms with Gasteiger partial charge in [-0.3, -0.25) is 4.79 Å². The van der Waals surface area contributed by atoms with Gasteiger partial charge in [0.15, 0.2) is 5.57 Å². The van der Waals surface area contributed by atoms with Crippen molar-refractivity contribution in [3.05, 3.63) is 58.8 Å². The average molecular weight is 454 g/mol. The van der Waals surface area contributed by atoms with Gasteiger partial charge in [-0.05, 0) is 37.5 Å². The maximum Gasteiger partial charge on any atom is 0.351 e. The van der Waals surface area contributed by atoms with Gasteiger partial charge in [-0.25, -0.2) is 9.59 Å². The summed E-state index contributed by atoms with van der Waals surface area (Å²) in [7, 11) is 1.34. The third kappa shape index (κ3) is 4.55. The molecular weight excluding hydrogens is 430 g/mol. The first-order valence-corrected chi connectivity index (χ1v) is 10.9. The third-order valence-corrected chi connectivity index (χ3v) is 6.45. The van der Waals surface area contributed by atoms with Gasteiger partial charge < -0.3 is 19.4 Å². The van der Waals surface area contributed by atoms with Crippen LogP contribution >= 0.6 is 11.8 Å². The SMILES string of the molecule is C=CCOC(=O)C(C#N)=C1SC(CCc2c[nH]c3cc(C(=O)OC)ccc23)C(=O)N1CC. The van der Waals surface area contributed by atoms with E-state index < -0.39 is 17.2 Å². The smallest absolute Gasteiger partial charge is 0.351 e. The Morgan fingerprint density at radius 2 is 2.19 bits per heavy atom. The number of amides is 1. The molecular formula is C23H23N3O5S. The molecule has 1 fully saturated rings. The summed E-state index contributed by atoms with van der Waals surface area (Å²) in [5.74, 6) is -1.31. The molecule has 0 spiro atoms. The number of H-pyrrole nitrogens is 1. The van der Waals surface area contributed by atoms with E-state index in [9.17, 15) is 19.6 Å². The maximum atomic E-state index is 12.9. The molecule has 0 radical (unpaired) electrons. The summed E-state index contributed by atoms with van der Waals surface area (Å²) in [5.41, 5.74) is 2.10. The lowest BCUT2D eigenvalue weighted by Crippen LogP contribution is -2.29. The maximum absolute atomic E-state index is 12.9. The number of benzene rings is 1. The summed E-state index contributed by atoms with van der Waals surface area (Å²) in [6.45, 7) is 5.62. The summed E-state index contributed by atoms with van der Waals surface area (Å²) in [5, 5.41) is 10.4. The Kier molecular flexibility index (Phi) is 7.38. The number of nitrogens with one attached hydrogen (secondary N) is 1. The zero-order valence-electron chi connectivity index (χ0n) is 17.8. The van der Waals surface area contributed by atoms with E-state index in [0.717, 1.165) is 16.5 Å². The number of nitriles is 1. The Bertz CT molecular complexity index is 1140. The lowest BCUT2D eigenvalue weighted by Gasteiger charge is -2.15. The van der Waals surface area contributed by atoms with Crippen LogP contribution < -0.4 is 0 Å². The molecule has 9 heteroatoms. The Hall–Kier alpha value is -3.51. The van der Waals surface area contributed by atoms with Crippen molar-refractivity contribution in [1.29, 1.82) is 5.26 Å². The molecule has 1 atom stereocenters. The normalized spacial score (nSPS) is 17.2. The molecule has 2 heterocycles. The van der Waals surface area contributed by atoms with E-state index in [2.05, 4.69) is 11.6 Å². The second-order valence-corrected chi connectivity index (χ2v) is 8.16. The molecule has 1 aromatic carbocycles. The Labute approximate surface area is 189 Å².